The number of nitrogens with zero attached hydrogens (tertiary/aromatic N) is 1. The third-order valence-corrected chi connectivity index (χ3v) is 1.87. The molecule has 0 aliphatic carbocycles. The van der Waals surface area contributed by atoms with E-state index in [9.17, 15) is 9.59 Å². The van der Waals surface area contributed by atoms with E-state index in [-0.39, 0.29) is 5.97 Å². The number of rotatable bonds is 2. The molecule has 0 unspecified atom stereocenters. The number of hydrogen-bond donors (Lipinski definition) is 0. The SMILES string of the molecule is CC(=O)Oc1c(C)cc(N=C=O)cc1C. The van der Waals surface area contributed by atoms with Crippen LogP contribution in [-0.4, -0.2) is 12.0 Å². The van der Waals surface area contributed by atoms with Crippen LogP contribution in [0.15, 0.2) is 17.1 Å². The molecule has 4 heteroatoms. The number of carbonyl (C=O) groups is 1. The smallest absolute Gasteiger partial charge is 0.308 e. The van der Waals surface area contributed by atoms with Gasteiger partial charge in [0.2, 0.25) is 6.08 Å². The molecule has 0 aliphatic rings. The summed E-state index contributed by atoms with van der Waals surface area (Å²) in [6.45, 7) is 4.92. The predicted molar refractivity (Wildman–Crippen MR) is 55.0 cm³/mol. The van der Waals surface area contributed by atoms with E-state index >= 15 is 0 Å². The Morgan fingerprint density at radius 2 is 1.87 bits per heavy atom. The quantitative estimate of drug-likeness (QED) is 0.322. The van der Waals surface area contributed by atoms with Crippen molar-refractivity contribution in [2.24, 2.45) is 4.99 Å². The molecule has 4 nitrogen and oxygen atoms in total. The molecule has 0 N–H and O–H groups in total. The summed E-state index contributed by atoms with van der Waals surface area (Å²) in [6, 6.07) is 3.33. The molecule has 0 amide bonds. The first-order chi connectivity index (χ1) is 7.04. The molecule has 15 heavy (non-hydrogen) atoms. The third-order valence-electron chi connectivity index (χ3n) is 1.87. The molecule has 0 heterocycles. The molecule has 0 aromatic heterocycles. The normalized spacial score (nSPS) is 9.27. The summed E-state index contributed by atoms with van der Waals surface area (Å²) in [5, 5.41) is 0. The maximum atomic E-state index is 10.8. The van der Waals surface area contributed by atoms with E-state index in [1.807, 2.05) is 0 Å². The number of ether oxygens (including phenoxy) is 1. The van der Waals surface area contributed by atoms with Crippen molar-refractivity contribution in [1.29, 1.82) is 0 Å². The lowest BCUT2D eigenvalue weighted by Gasteiger charge is -2.09. The summed E-state index contributed by atoms with van der Waals surface area (Å²) in [6.07, 6.45) is 1.47. The fourth-order valence-electron chi connectivity index (χ4n) is 1.35. The van der Waals surface area contributed by atoms with Crippen molar-refractivity contribution < 1.29 is 14.3 Å². The predicted octanol–water partition coefficient (Wildman–Crippen LogP) is 2.20. The van der Waals surface area contributed by atoms with Gasteiger partial charge in [-0.25, -0.2) is 4.79 Å². The van der Waals surface area contributed by atoms with Crippen molar-refractivity contribution in [3.05, 3.63) is 23.3 Å². The van der Waals surface area contributed by atoms with E-state index in [0.29, 0.717) is 11.4 Å². The summed E-state index contributed by atoms with van der Waals surface area (Å²) in [5.41, 5.74) is 2.04. The van der Waals surface area contributed by atoms with Crippen LogP contribution in [0.3, 0.4) is 0 Å². The van der Waals surface area contributed by atoms with Crippen molar-refractivity contribution in [2.75, 3.05) is 0 Å². The molecule has 78 valence electrons. The maximum absolute atomic E-state index is 10.8. The number of esters is 1. The van der Waals surface area contributed by atoms with Gasteiger partial charge in [-0.05, 0) is 37.1 Å². The topological polar surface area (TPSA) is 55.7 Å². The Morgan fingerprint density at radius 1 is 1.33 bits per heavy atom. The van der Waals surface area contributed by atoms with Gasteiger partial charge in [-0.15, -0.1) is 0 Å². The van der Waals surface area contributed by atoms with Crippen LogP contribution in [0, 0.1) is 13.8 Å². The number of aryl methyl sites for hydroxylation is 2. The summed E-state index contributed by atoms with van der Waals surface area (Å²) >= 11 is 0. The fourth-order valence-corrected chi connectivity index (χ4v) is 1.35. The van der Waals surface area contributed by atoms with E-state index in [4.69, 9.17) is 4.74 Å². The van der Waals surface area contributed by atoms with E-state index < -0.39 is 0 Å². The van der Waals surface area contributed by atoms with Crippen LogP contribution in [0.5, 0.6) is 5.75 Å². The molecule has 0 aliphatic heterocycles. The largest absolute Gasteiger partial charge is 0.426 e. The van der Waals surface area contributed by atoms with Crippen molar-refractivity contribution in [3.63, 3.8) is 0 Å². The molecule has 1 rings (SSSR count). The number of benzene rings is 1. The van der Waals surface area contributed by atoms with Crippen LogP contribution in [0.25, 0.3) is 0 Å². The molecule has 0 atom stereocenters. The maximum Gasteiger partial charge on any atom is 0.308 e. The molecule has 1 aromatic rings. The minimum atomic E-state index is -0.368. The van der Waals surface area contributed by atoms with Crippen LogP contribution in [0.4, 0.5) is 5.69 Å². The van der Waals surface area contributed by atoms with Gasteiger partial charge in [-0.2, -0.15) is 4.99 Å². The molecule has 0 saturated heterocycles. The molecule has 0 radical (unpaired) electrons. The van der Waals surface area contributed by atoms with Crippen molar-refractivity contribution in [1.82, 2.24) is 0 Å². The third kappa shape index (κ3) is 2.76. The molecule has 0 spiro atoms. The van der Waals surface area contributed by atoms with Gasteiger partial charge < -0.3 is 4.74 Å². The molecular weight excluding hydrogens is 194 g/mol. The highest BCUT2D eigenvalue weighted by atomic mass is 16.5. The lowest BCUT2D eigenvalue weighted by atomic mass is 10.1. The second-order valence-electron chi connectivity index (χ2n) is 3.21. The van der Waals surface area contributed by atoms with Gasteiger partial charge >= 0.3 is 5.97 Å². The minimum absolute atomic E-state index is 0.368. The molecule has 1 aromatic carbocycles. The van der Waals surface area contributed by atoms with Crippen LogP contribution in [0.2, 0.25) is 0 Å². The van der Waals surface area contributed by atoms with Crippen molar-refractivity contribution in [3.8, 4) is 5.75 Å². The van der Waals surface area contributed by atoms with E-state index in [2.05, 4.69) is 4.99 Å². The molecule has 0 bridgehead atoms. The fraction of sp³-hybridized carbons (Fsp3) is 0.273. The number of hydrogen-bond acceptors (Lipinski definition) is 4. The van der Waals surface area contributed by atoms with E-state index in [0.717, 1.165) is 11.1 Å². The van der Waals surface area contributed by atoms with Gasteiger partial charge in [0.05, 0.1) is 5.69 Å². The lowest BCUT2D eigenvalue weighted by Crippen LogP contribution is -2.04. The van der Waals surface area contributed by atoms with Gasteiger partial charge in [0.1, 0.15) is 5.75 Å². The van der Waals surface area contributed by atoms with Gasteiger partial charge in [0.15, 0.2) is 0 Å². The Morgan fingerprint density at radius 3 is 2.27 bits per heavy atom. The van der Waals surface area contributed by atoms with Gasteiger partial charge in [0.25, 0.3) is 0 Å². The number of aliphatic imine (C=N–C) groups is 1. The first-order valence-corrected chi connectivity index (χ1v) is 4.42. The monoisotopic (exact) mass is 205 g/mol. The summed E-state index contributed by atoms with van der Waals surface area (Å²) in [4.78, 5) is 24.4. The Labute approximate surface area is 87.6 Å². The van der Waals surface area contributed by atoms with Crippen LogP contribution >= 0.6 is 0 Å². The van der Waals surface area contributed by atoms with E-state index in [1.54, 1.807) is 26.0 Å². The zero-order chi connectivity index (χ0) is 11.4. The lowest BCUT2D eigenvalue weighted by molar-refractivity contribution is -0.131. The van der Waals surface area contributed by atoms with Crippen LogP contribution < -0.4 is 4.74 Å². The zero-order valence-corrected chi connectivity index (χ0v) is 8.83. The average Bonchev–Trinajstić information content (AvgIpc) is 2.11. The summed E-state index contributed by atoms with van der Waals surface area (Å²) < 4.78 is 5.03. The highest BCUT2D eigenvalue weighted by Gasteiger charge is 2.08. The first-order valence-electron chi connectivity index (χ1n) is 4.42. The molecular formula is C11H11NO3. The van der Waals surface area contributed by atoms with Crippen LogP contribution in [-0.2, 0) is 9.59 Å². The van der Waals surface area contributed by atoms with E-state index in [1.165, 1.54) is 13.0 Å². The van der Waals surface area contributed by atoms with Crippen LogP contribution in [0.1, 0.15) is 18.1 Å². The highest BCUT2D eigenvalue weighted by Crippen LogP contribution is 2.28. The highest BCUT2D eigenvalue weighted by molar-refractivity contribution is 5.71. The number of carbonyl (C=O) groups excluding carboxylic acids is 2. The Bertz CT molecular complexity index is 422. The zero-order valence-electron chi connectivity index (χ0n) is 8.83. The minimum Gasteiger partial charge on any atom is -0.426 e. The Hall–Kier alpha value is -1.93. The second kappa shape index (κ2) is 4.53. The van der Waals surface area contributed by atoms with Crippen molar-refractivity contribution in [2.45, 2.75) is 20.8 Å². The standard InChI is InChI=1S/C11H11NO3/c1-7-4-10(12-6-13)5-8(2)11(7)15-9(3)14/h4-5H,1-3H3. The van der Waals surface area contributed by atoms with Gasteiger partial charge in [-0.3, -0.25) is 4.79 Å². The number of isocyanates is 1. The van der Waals surface area contributed by atoms with Gasteiger partial charge in [-0.1, -0.05) is 0 Å². The second-order valence-corrected chi connectivity index (χ2v) is 3.21. The average molecular weight is 205 g/mol. The Kier molecular flexibility index (Phi) is 3.37. The summed E-state index contributed by atoms with van der Waals surface area (Å²) in [7, 11) is 0. The summed E-state index contributed by atoms with van der Waals surface area (Å²) in [5.74, 6) is 0.153. The molecule has 0 saturated carbocycles. The Balaban J connectivity index is 3.20. The first kappa shape index (κ1) is 11.1. The van der Waals surface area contributed by atoms with Gasteiger partial charge in [0, 0.05) is 6.92 Å². The molecule has 0 fully saturated rings. The van der Waals surface area contributed by atoms with Crippen molar-refractivity contribution >= 4 is 17.7 Å².